The second kappa shape index (κ2) is 6.76. The van der Waals surface area contributed by atoms with Crippen molar-refractivity contribution in [2.45, 2.75) is 0 Å². The molecule has 0 saturated heterocycles. The third-order valence-electron chi connectivity index (χ3n) is 3.51. The van der Waals surface area contributed by atoms with Crippen LogP contribution in [0.1, 0.15) is 11.1 Å². The Morgan fingerprint density at radius 1 is 1.08 bits per heavy atom. The van der Waals surface area contributed by atoms with Crippen LogP contribution in [-0.2, 0) is 4.79 Å². The van der Waals surface area contributed by atoms with E-state index in [-0.39, 0.29) is 5.91 Å². The van der Waals surface area contributed by atoms with E-state index in [2.05, 4.69) is 10.3 Å². The highest BCUT2D eigenvalue weighted by atomic mass is 35.5. The van der Waals surface area contributed by atoms with Gasteiger partial charge in [0.1, 0.15) is 28.6 Å². The van der Waals surface area contributed by atoms with Crippen LogP contribution in [0.2, 0.25) is 5.02 Å². The molecule has 122 valence electrons. The lowest BCUT2D eigenvalue weighted by Gasteiger charge is -2.12. The zero-order valence-corrected chi connectivity index (χ0v) is 13.9. The number of aliphatic imine (C=N–C) groups is 1. The molecule has 0 radical (unpaired) electrons. The van der Waals surface area contributed by atoms with Crippen LogP contribution in [-0.4, -0.2) is 26.0 Å². The summed E-state index contributed by atoms with van der Waals surface area (Å²) in [5, 5.41) is 3.35. The van der Waals surface area contributed by atoms with Crippen molar-refractivity contribution in [2.24, 2.45) is 4.99 Å². The Balaban J connectivity index is 2.04. The van der Waals surface area contributed by atoms with Crippen molar-refractivity contribution in [3.63, 3.8) is 0 Å². The summed E-state index contributed by atoms with van der Waals surface area (Å²) < 4.78 is 10.7. The van der Waals surface area contributed by atoms with Gasteiger partial charge in [-0.15, -0.1) is 0 Å². The topological polar surface area (TPSA) is 59.9 Å². The zero-order chi connectivity index (χ0) is 17.1. The summed E-state index contributed by atoms with van der Waals surface area (Å²) in [6.45, 7) is 0. The minimum absolute atomic E-state index is 0.292. The van der Waals surface area contributed by atoms with Crippen LogP contribution >= 0.6 is 11.6 Å². The Hall–Kier alpha value is -2.79. The Kier molecular flexibility index (Phi) is 4.53. The Labute approximate surface area is 144 Å². The van der Waals surface area contributed by atoms with Crippen molar-refractivity contribution in [1.29, 1.82) is 0 Å². The number of amides is 1. The van der Waals surface area contributed by atoms with Crippen LogP contribution in [0, 0.1) is 0 Å². The van der Waals surface area contributed by atoms with Gasteiger partial charge in [0.25, 0.3) is 5.91 Å². The monoisotopic (exact) mass is 342 g/mol. The van der Waals surface area contributed by atoms with Gasteiger partial charge in [0, 0.05) is 5.02 Å². The molecule has 0 spiro atoms. The summed E-state index contributed by atoms with van der Waals surface area (Å²) in [4.78, 5) is 16.6. The number of hydrogen-bond donors (Lipinski definition) is 1. The predicted molar refractivity (Wildman–Crippen MR) is 93.7 cm³/mol. The number of hydrogen-bond acceptors (Lipinski definition) is 4. The Morgan fingerprint density at radius 2 is 1.75 bits per heavy atom. The van der Waals surface area contributed by atoms with Crippen molar-refractivity contribution in [2.75, 3.05) is 14.2 Å². The maximum Gasteiger partial charge on any atom is 0.275 e. The second-order valence-corrected chi connectivity index (χ2v) is 5.47. The van der Waals surface area contributed by atoms with Crippen LogP contribution in [0.5, 0.6) is 11.5 Å². The van der Waals surface area contributed by atoms with E-state index in [9.17, 15) is 4.79 Å². The maximum atomic E-state index is 12.2. The van der Waals surface area contributed by atoms with Crippen LogP contribution in [0.3, 0.4) is 0 Å². The third-order valence-corrected chi connectivity index (χ3v) is 3.75. The summed E-state index contributed by atoms with van der Waals surface area (Å²) in [5.41, 5.74) is 1.69. The van der Waals surface area contributed by atoms with Gasteiger partial charge >= 0.3 is 0 Å². The molecule has 1 aliphatic rings. The minimum Gasteiger partial charge on any atom is -0.496 e. The first-order chi connectivity index (χ1) is 11.6. The number of nitrogens with one attached hydrogen (secondary N) is 1. The van der Waals surface area contributed by atoms with Gasteiger partial charge in [-0.1, -0.05) is 29.8 Å². The normalized spacial score (nSPS) is 15.2. The van der Waals surface area contributed by atoms with E-state index < -0.39 is 0 Å². The molecule has 0 aliphatic carbocycles. The van der Waals surface area contributed by atoms with Crippen molar-refractivity contribution in [1.82, 2.24) is 5.32 Å². The average Bonchev–Trinajstić information content (AvgIpc) is 2.94. The minimum atomic E-state index is -0.294. The van der Waals surface area contributed by atoms with Gasteiger partial charge in [0.2, 0.25) is 0 Å². The molecule has 2 aromatic carbocycles. The largest absolute Gasteiger partial charge is 0.496 e. The first kappa shape index (κ1) is 16.1. The summed E-state index contributed by atoms with van der Waals surface area (Å²) in [7, 11) is 3.11. The summed E-state index contributed by atoms with van der Waals surface area (Å²) in [5.74, 6) is 1.23. The molecule has 24 heavy (non-hydrogen) atoms. The molecule has 1 N–H and O–H groups in total. The van der Waals surface area contributed by atoms with Gasteiger partial charge in [-0.2, -0.15) is 0 Å². The van der Waals surface area contributed by atoms with Gasteiger partial charge < -0.3 is 14.8 Å². The number of ether oxygens (including phenoxy) is 2. The first-order valence-electron chi connectivity index (χ1n) is 7.21. The molecule has 3 rings (SSSR count). The highest BCUT2D eigenvalue weighted by molar-refractivity contribution is 6.30. The maximum absolute atomic E-state index is 12.2. The van der Waals surface area contributed by atoms with E-state index in [4.69, 9.17) is 21.1 Å². The molecule has 0 bridgehead atoms. The molecule has 0 unspecified atom stereocenters. The van der Waals surface area contributed by atoms with Crippen LogP contribution in [0.25, 0.3) is 6.08 Å². The lowest BCUT2D eigenvalue weighted by Crippen LogP contribution is -2.25. The SMILES string of the molecule is COc1cccc(OC)c1C1=N/C(=C/c2cccc(Cl)c2)C(=O)N1. The number of nitrogens with zero attached hydrogens (tertiary/aromatic N) is 1. The number of methoxy groups -OCH3 is 2. The number of carbonyl (C=O) groups excluding carboxylic acids is 1. The fraction of sp³-hybridized carbons (Fsp3) is 0.111. The molecule has 1 amide bonds. The number of halogens is 1. The van der Waals surface area contributed by atoms with Gasteiger partial charge in [-0.25, -0.2) is 4.99 Å². The summed E-state index contributed by atoms with van der Waals surface area (Å²) in [6.07, 6.45) is 1.68. The fourth-order valence-electron chi connectivity index (χ4n) is 2.43. The van der Waals surface area contributed by atoms with E-state index >= 15 is 0 Å². The van der Waals surface area contributed by atoms with E-state index in [0.717, 1.165) is 5.56 Å². The van der Waals surface area contributed by atoms with Crippen molar-refractivity contribution in [3.8, 4) is 11.5 Å². The molecular weight excluding hydrogens is 328 g/mol. The second-order valence-electron chi connectivity index (χ2n) is 5.04. The molecule has 5 nitrogen and oxygen atoms in total. The molecule has 2 aromatic rings. The molecule has 1 aliphatic heterocycles. The van der Waals surface area contributed by atoms with Gasteiger partial charge in [-0.3, -0.25) is 4.79 Å². The number of benzene rings is 2. The van der Waals surface area contributed by atoms with E-state index in [1.807, 2.05) is 12.1 Å². The smallest absolute Gasteiger partial charge is 0.275 e. The van der Waals surface area contributed by atoms with E-state index in [0.29, 0.717) is 33.6 Å². The number of rotatable bonds is 4. The molecule has 0 aromatic heterocycles. The average molecular weight is 343 g/mol. The molecule has 1 heterocycles. The molecule has 0 atom stereocenters. The van der Waals surface area contributed by atoms with Crippen molar-refractivity contribution in [3.05, 3.63) is 64.3 Å². The highest BCUT2D eigenvalue weighted by Crippen LogP contribution is 2.30. The number of amidine groups is 1. The number of carbonyl (C=O) groups is 1. The van der Waals surface area contributed by atoms with E-state index in [1.54, 1.807) is 50.6 Å². The van der Waals surface area contributed by atoms with Gasteiger partial charge in [0.15, 0.2) is 0 Å². The zero-order valence-electron chi connectivity index (χ0n) is 13.2. The standard InChI is InChI=1S/C18H15ClN2O3/c1-23-14-7-4-8-15(24-2)16(14)17-20-13(18(22)21-17)10-11-5-3-6-12(19)9-11/h3-10H,1-2H3,(H,20,21,22)/b13-10+. The quantitative estimate of drug-likeness (QED) is 0.867. The van der Waals surface area contributed by atoms with Crippen LogP contribution in [0.4, 0.5) is 0 Å². The summed E-state index contributed by atoms with van der Waals surface area (Å²) in [6, 6.07) is 12.6. The summed E-state index contributed by atoms with van der Waals surface area (Å²) >= 11 is 5.97. The van der Waals surface area contributed by atoms with Gasteiger partial charge in [0.05, 0.1) is 14.2 Å². The third kappa shape index (κ3) is 3.12. The fourth-order valence-corrected chi connectivity index (χ4v) is 2.62. The lowest BCUT2D eigenvalue weighted by atomic mass is 10.1. The van der Waals surface area contributed by atoms with Crippen molar-refractivity contribution < 1.29 is 14.3 Å². The first-order valence-corrected chi connectivity index (χ1v) is 7.59. The van der Waals surface area contributed by atoms with Gasteiger partial charge in [-0.05, 0) is 35.9 Å². The molecule has 0 saturated carbocycles. The van der Waals surface area contributed by atoms with Crippen molar-refractivity contribution >= 4 is 29.4 Å². The van der Waals surface area contributed by atoms with E-state index in [1.165, 1.54) is 0 Å². The lowest BCUT2D eigenvalue weighted by molar-refractivity contribution is -0.115. The van der Waals surface area contributed by atoms with Crippen LogP contribution in [0.15, 0.2) is 53.2 Å². The molecule has 6 heteroatoms. The van der Waals surface area contributed by atoms with Crippen LogP contribution < -0.4 is 14.8 Å². The predicted octanol–water partition coefficient (Wildman–Crippen LogP) is 3.27. The Morgan fingerprint density at radius 3 is 2.38 bits per heavy atom. The Bertz CT molecular complexity index is 837. The molecular formula is C18H15ClN2O3. The highest BCUT2D eigenvalue weighted by Gasteiger charge is 2.26. The molecule has 0 fully saturated rings.